The third-order valence-electron chi connectivity index (χ3n) is 4.49. The molecule has 19 heavy (non-hydrogen) atoms. The maximum atomic E-state index is 2.35. The summed E-state index contributed by atoms with van der Waals surface area (Å²) in [6.45, 7) is 13.5. The molecule has 0 spiro atoms. The highest BCUT2D eigenvalue weighted by Crippen LogP contribution is 2.37. The van der Waals surface area contributed by atoms with Crippen molar-refractivity contribution in [3.05, 3.63) is 53.6 Å². The molecule has 0 amide bonds. The summed E-state index contributed by atoms with van der Waals surface area (Å²) >= 11 is 0. The first-order valence-corrected chi connectivity index (χ1v) is 7.32. The Morgan fingerprint density at radius 3 is 2.26 bits per heavy atom. The van der Waals surface area contributed by atoms with E-state index in [2.05, 4.69) is 77.1 Å². The Hall–Kier alpha value is -1.30. The van der Waals surface area contributed by atoms with Crippen LogP contribution in [0, 0.1) is 5.41 Å². The van der Waals surface area contributed by atoms with Crippen molar-refractivity contribution < 1.29 is 0 Å². The van der Waals surface area contributed by atoms with Gasteiger partial charge in [0.25, 0.3) is 0 Å². The summed E-state index contributed by atoms with van der Waals surface area (Å²) in [4.78, 5) is 0. The largest absolute Gasteiger partial charge is 0.0877 e. The van der Waals surface area contributed by atoms with Gasteiger partial charge in [0.05, 0.1) is 0 Å². The number of hydrogen-bond acceptors (Lipinski definition) is 0. The third-order valence-corrected chi connectivity index (χ3v) is 4.49. The van der Waals surface area contributed by atoms with Crippen molar-refractivity contribution in [3.8, 4) is 0 Å². The highest BCUT2D eigenvalue weighted by molar-refractivity contribution is 5.65. The summed E-state index contributed by atoms with van der Waals surface area (Å²) < 4.78 is 0. The van der Waals surface area contributed by atoms with Crippen molar-refractivity contribution in [2.45, 2.75) is 53.9 Å². The second kappa shape index (κ2) is 6.75. The van der Waals surface area contributed by atoms with Gasteiger partial charge in [0.2, 0.25) is 0 Å². The second-order valence-corrected chi connectivity index (χ2v) is 6.06. The molecule has 0 aliphatic heterocycles. The van der Waals surface area contributed by atoms with Gasteiger partial charge in [-0.3, -0.25) is 0 Å². The van der Waals surface area contributed by atoms with E-state index in [1.807, 2.05) is 6.92 Å². The maximum Gasteiger partial charge on any atom is -0.0139 e. The molecule has 0 heterocycles. The fourth-order valence-corrected chi connectivity index (χ4v) is 2.13. The van der Waals surface area contributed by atoms with Crippen LogP contribution < -0.4 is 0 Å². The minimum atomic E-state index is 0.358. The highest BCUT2D eigenvalue weighted by atomic mass is 14.3. The molecule has 0 bridgehead atoms. The van der Waals surface area contributed by atoms with E-state index in [0.717, 1.165) is 0 Å². The van der Waals surface area contributed by atoms with Crippen LogP contribution in [-0.2, 0) is 0 Å². The fraction of sp³-hybridized carbons (Fsp3) is 0.474. The highest BCUT2D eigenvalue weighted by Gasteiger charge is 2.24. The molecule has 0 saturated carbocycles. The van der Waals surface area contributed by atoms with Crippen molar-refractivity contribution >= 4 is 5.57 Å². The van der Waals surface area contributed by atoms with Gasteiger partial charge in [0, 0.05) is 0 Å². The molecular formula is C19H28. The van der Waals surface area contributed by atoms with Crippen molar-refractivity contribution in [2.75, 3.05) is 0 Å². The van der Waals surface area contributed by atoms with Crippen molar-refractivity contribution in [1.82, 2.24) is 0 Å². The average Bonchev–Trinajstić information content (AvgIpc) is 2.44. The minimum absolute atomic E-state index is 0.358. The van der Waals surface area contributed by atoms with Gasteiger partial charge in [-0.25, -0.2) is 0 Å². The smallest absolute Gasteiger partial charge is 0.0139 e. The number of allylic oxidation sites excluding steroid dienone is 4. The summed E-state index contributed by atoms with van der Waals surface area (Å²) in [6.07, 6.45) is 7.51. The molecule has 0 radical (unpaired) electrons. The SMILES string of the molecule is CC=CC=C(C)c1ccc(C(C)C(C)(C)CC)cc1. The Kier molecular flexibility index (Phi) is 5.60. The summed E-state index contributed by atoms with van der Waals surface area (Å²) in [5, 5.41) is 0. The molecule has 0 fully saturated rings. The molecule has 1 rings (SSSR count). The van der Waals surface area contributed by atoms with Crippen molar-refractivity contribution in [2.24, 2.45) is 5.41 Å². The zero-order valence-electron chi connectivity index (χ0n) is 13.3. The number of benzene rings is 1. The predicted octanol–water partition coefficient (Wildman–Crippen LogP) is 6.21. The number of rotatable bonds is 5. The van der Waals surface area contributed by atoms with Crippen LogP contribution in [0.3, 0.4) is 0 Å². The van der Waals surface area contributed by atoms with Crippen LogP contribution in [0.25, 0.3) is 5.57 Å². The van der Waals surface area contributed by atoms with E-state index < -0.39 is 0 Å². The Morgan fingerprint density at radius 2 is 1.79 bits per heavy atom. The summed E-state index contributed by atoms with van der Waals surface area (Å²) in [5.41, 5.74) is 4.42. The molecular weight excluding hydrogens is 228 g/mol. The molecule has 0 saturated heterocycles. The summed E-state index contributed by atoms with van der Waals surface area (Å²) in [7, 11) is 0. The first kappa shape index (κ1) is 15.8. The number of hydrogen-bond donors (Lipinski definition) is 0. The second-order valence-electron chi connectivity index (χ2n) is 6.06. The van der Waals surface area contributed by atoms with E-state index in [0.29, 0.717) is 11.3 Å². The standard InChI is InChI=1S/C19H28/c1-7-9-10-15(3)17-11-13-18(14-12-17)16(4)19(5,6)8-2/h7,9-14,16H,8H2,1-6H3. The lowest BCUT2D eigenvalue weighted by molar-refractivity contribution is 0.289. The van der Waals surface area contributed by atoms with Crippen LogP contribution in [0.5, 0.6) is 0 Å². The maximum absolute atomic E-state index is 2.35. The van der Waals surface area contributed by atoms with Gasteiger partial charge in [0.1, 0.15) is 0 Å². The van der Waals surface area contributed by atoms with Crippen molar-refractivity contribution in [3.63, 3.8) is 0 Å². The fourth-order valence-electron chi connectivity index (χ4n) is 2.13. The Bertz CT molecular complexity index is 443. The first-order chi connectivity index (χ1) is 8.92. The van der Waals surface area contributed by atoms with Crippen molar-refractivity contribution in [1.29, 1.82) is 0 Å². The molecule has 0 aliphatic carbocycles. The van der Waals surface area contributed by atoms with Gasteiger partial charge in [-0.05, 0) is 41.9 Å². The van der Waals surface area contributed by atoms with Crippen LogP contribution >= 0.6 is 0 Å². The van der Waals surface area contributed by atoms with Gasteiger partial charge >= 0.3 is 0 Å². The van der Waals surface area contributed by atoms with E-state index in [1.54, 1.807) is 0 Å². The third kappa shape index (κ3) is 4.09. The molecule has 1 aromatic carbocycles. The molecule has 1 unspecified atom stereocenters. The molecule has 0 aliphatic rings. The molecule has 104 valence electrons. The predicted molar refractivity (Wildman–Crippen MR) is 87.4 cm³/mol. The van der Waals surface area contributed by atoms with Crippen LogP contribution in [0.4, 0.5) is 0 Å². The van der Waals surface area contributed by atoms with Gasteiger partial charge in [-0.15, -0.1) is 0 Å². The Balaban J connectivity index is 2.94. The van der Waals surface area contributed by atoms with Gasteiger partial charge in [-0.1, -0.05) is 76.6 Å². The molecule has 0 aromatic heterocycles. The first-order valence-electron chi connectivity index (χ1n) is 7.32. The molecule has 1 atom stereocenters. The minimum Gasteiger partial charge on any atom is -0.0877 e. The molecule has 0 heteroatoms. The van der Waals surface area contributed by atoms with E-state index >= 15 is 0 Å². The Morgan fingerprint density at radius 1 is 1.21 bits per heavy atom. The zero-order chi connectivity index (χ0) is 14.5. The lowest BCUT2D eigenvalue weighted by Gasteiger charge is -2.31. The lowest BCUT2D eigenvalue weighted by Crippen LogP contribution is -2.18. The van der Waals surface area contributed by atoms with Crippen LogP contribution in [0.1, 0.15) is 65.0 Å². The summed E-state index contributed by atoms with van der Waals surface area (Å²) in [6, 6.07) is 9.05. The van der Waals surface area contributed by atoms with Gasteiger partial charge < -0.3 is 0 Å². The van der Waals surface area contributed by atoms with Crippen LogP contribution in [0.15, 0.2) is 42.5 Å². The van der Waals surface area contributed by atoms with E-state index in [1.165, 1.54) is 23.1 Å². The van der Waals surface area contributed by atoms with E-state index in [4.69, 9.17) is 0 Å². The molecule has 0 nitrogen and oxygen atoms in total. The topological polar surface area (TPSA) is 0 Å². The lowest BCUT2D eigenvalue weighted by atomic mass is 9.74. The quantitative estimate of drug-likeness (QED) is 0.550. The molecule has 1 aromatic rings. The van der Waals surface area contributed by atoms with Crippen LogP contribution in [-0.4, -0.2) is 0 Å². The summed E-state index contributed by atoms with van der Waals surface area (Å²) in [5.74, 6) is 0.589. The van der Waals surface area contributed by atoms with Crippen LogP contribution in [0.2, 0.25) is 0 Å². The van der Waals surface area contributed by atoms with E-state index in [9.17, 15) is 0 Å². The normalized spacial score (nSPS) is 14.9. The van der Waals surface area contributed by atoms with Gasteiger partial charge in [-0.2, -0.15) is 0 Å². The molecule has 0 N–H and O–H groups in total. The Labute approximate surface area is 119 Å². The monoisotopic (exact) mass is 256 g/mol. The average molecular weight is 256 g/mol. The zero-order valence-corrected chi connectivity index (χ0v) is 13.3. The van der Waals surface area contributed by atoms with E-state index in [-0.39, 0.29) is 0 Å². The van der Waals surface area contributed by atoms with Gasteiger partial charge in [0.15, 0.2) is 0 Å².